The normalized spacial score (nSPS) is 11.0. The van der Waals surface area contributed by atoms with E-state index in [1.807, 2.05) is 12.1 Å². The Morgan fingerprint density at radius 3 is 1.83 bits per heavy atom. The molecular formula is C30H23N15O3. The van der Waals surface area contributed by atoms with Crippen LogP contribution in [0.3, 0.4) is 0 Å². The molecule has 236 valence electrons. The first-order valence-corrected chi connectivity index (χ1v) is 14.0. The van der Waals surface area contributed by atoms with Crippen molar-refractivity contribution in [2.24, 2.45) is 10.7 Å². The number of H-pyrrole nitrogens is 2. The van der Waals surface area contributed by atoms with Crippen molar-refractivity contribution in [1.29, 1.82) is 5.41 Å². The van der Waals surface area contributed by atoms with Crippen LogP contribution >= 0.6 is 0 Å². The fourth-order valence-corrected chi connectivity index (χ4v) is 4.03. The summed E-state index contributed by atoms with van der Waals surface area (Å²) in [5.74, 6) is -4.29. The molecule has 0 aliphatic rings. The van der Waals surface area contributed by atoms with Crippen LogP contribution in [0.2, 0.25) is 0 Å². The minimum Gasteiger partial charge on any atom is -0.379 e. The predicted molar refractivity (Wildman–Crippen MR) is 173 cm³/mol. The van der Waals surface area contributed by atoms with E-state index in [0.29, 0.717) is 22.5 Å². The third-order valence-corrected chi connectivity index (χ3v) is 6.31. The molecule has 48 heavy (non-hydrogen) atoms. The molecule has 3 amide bonds. The number of nitrogens with one attached hydrogen (secondary N) is 6. The number of hydrogen-bond acceptors (Lipinski definition) is 11. The van der Waals surface area contributed by atoms with Crippen LogP contribution in [0.4, 0.5) is 17.8 Å². The monoisotopic (exact) mass is 641 g/mol. The first kappa shape index (κ1) is 30.5. The molecule has 0 spiro atoms. The number of rotatable bonds is 8. The molecule has 6 aromatic rings. The number of carbonyl (C=O) groups excluding carboxylic acids is 3. The van der Waals surface area contributed by atoms with Crippen LogP contribution < -0.4 is 21.7 Å². The highest BCUT2D eigenvalue weighted by Crippen LogP contribution is 2.16. The van der Waals surface area contributed by atoms with Crippen molar-refractivity contribution in [2.45, 2.75) is 0 Å². The first-order chi connectivity index (χ1) is 23.3. The first-order valence-electron chi connectivity index (χ1n) is 14.0. The van der Waals surface area contributed by atoms with Gasteiger partial charge in [0.05, 0.1) is 0 Å². The Balaban J connectivity index is 1.24. The highest BCUT2D eigenvalue weighted by atomic mass is 16.2. The number of aromatic amines is 2. The van der Waals surface area contributed by atoms with Crippen LogP contribution in [0.25, 0.3) is 22.8 Å². The lowest BCUT2D eigenvalue weighted by Gasteiger charge is -2.09. The summed E-state index contributed by atoms with van der Waals surface area (Å²) in [7, 11) is 0. The molecule has 3 heterocycles. The van der Waals surface area contributed by atoms with E-state index in [1.165, 1.54) is 0 Å². The van der Waals surface area contributed by atoms with Gasteiger partial charge in [-0.2, -0.15) is 20.1 Å². The Bertz CT molecular complexity index is 2040. The van der Waals surface area contributed by atoms with E-state index < -0.39 is 29.5 Å². The molecule has 0 bridgehead atoms. The topological polar surface area (TPSA) is 271 Å². The van der Waals surface area contributed by atoms with Gasteiger partial charge in [-0.25, -0.2) is 9.98 Å². The summed E-state index contributed by atoms with van der Waals surface area (Å²) < 4.78 is 0. The zero-order chi connectivity index (χ0) is 33.5. The van der Waals surface area contributed by atoms with E-state index in [4.69, 9.17) is 11.1 Å². The summed E-state index contributed by atoms with van der Waals surface area (Å²) in [6, 6.07) is 26.4. The SMILES string of the molecule is N=C(N=C(N)C(=O)Nc1nc(NC(=O)c2nc(-c3ccccc3)n[nH]2)nc(NC(=O)c2nnc(-c3ccccc3)[nH]2)n1)c1ccccc1. The van der Waals surface area contributed by atoms with Crippen molar-refractivity contribution in [2.75, 3.05) is 16.0 Å². The van der Waals surface area contributed by atoms with E-state index in [1.54, 1.807) is 78.9 Å². The minimum absolute atomic E-state index is 0.170. The lowest BCUT2D eigenvalue weighted by Crippen LogP contribution is -2.32. The Labute approximate surface area is 269 Å². The minimum atomic E-state index is -0.970. The summed E-state index contributed by atoms with van der Waals surface area (Å²) in [4.78, 5) is 62.0. The van der Waals surface area contributed by atoms with Gasteiger partial charge in [-0.1, -0.05) is 91.0 Å². The smallest absolute Gasteiger partial charge is 0.295 e. The second-order valence-corrected chi connectivity index (χ2v) is 9.64. The molecule has 0 aliphatic carbocycles. The van der Waals surface area contributed by atoms with Gasteiger partial charge in [0.1, 0.15) is 0 Å². The molecule has 3 aromatic heterocycles. The summed E-state index contributed by atoms with van der Waals surface area (Å²) in [6.45, 7) is 0. The van der Waals surface area contributed by atoms with E-state index in [0.717, 1.165) is 0 Å². The Morgan fingerprint density at radius 1 is 0.667 bits per heavy atom. The number of anilines is 3. The van der Waals surface area contributed by atoms with Gasteiger partial charge >= 0.3 is 0 Å². The number of aromatic nitrogens is 9. The number of aliphatic imine (C=N–C) groups is 1. The molecule has 0 saturated carbocycles. The van der Waals surface area contributed by atoms with Crippen LogP contribution in [0.1, 0.15) is 26.8 Å². The maximum atomic E-state index is 13.0. The molecule has 0 fully saturated rings. The van der Waals surface area contributed by atoms with Gasteiger partial charge in [-0.3, -0.25) is 40.8 Å². The van der Waals surface area contributed by atoms with Crippen LogP contribution in [-0.2, 0) is 4.79 Å². The number of carbonyl (C=O) groups is 3. The van der Waals surface area contributed by atoms with Crippen molar-refractivity contribution < 1.29 is 14.4 Å². The van der Waals surface area contributed by atoms with Gasteiger partial charge in [0.2, 0.25) is 29.5 Å². The highest BCUT2D eigenvalue weighted by molar-refractivity contribution is 6.43. The third-order valence-electron chi connectivity index (χ3n) is 6.31. The van der Waals surface area contributed by atoms with Crippen LogP contribution in [0.15, 0.2) is 96.0 Å². The molecule has 6 rings (SSSR count). The Kier molecular flexibility index (Phi) is 8.68. The summed E-state index contributed by atoms with van der Waals surface area (Å²) in [5.41, 5.74) is 7.63. The van der Waals surface area contributed by atoms with E-state index in [9.17, 15) is 14.4 Å². The van der Waals surface area contributed by atoms with Crippen LogP contribution in [0, 0.1) is 5.41 Å². The second kappa shape index (κ2) is 13.6. The van der Waals surface area contributed by atoms with E-state index in [2.05, 4.69) is 66.3 Å². The molecule has 0 unspecified atom stereocenters. The van der Waals surface area contributed by atoms with Gasteiger partial charge in [0.15, 0.2) is 23.3 Å². The summed E-state index contributed by atoms with van der Waals surface area (Å²) in [5, 5.41) is 29.8. The number of nitrogens with two attached hydrogens (primary N) is 1. The quantitative estimate of drug-likeness (QED) is 0.0935. The Hall–Kier alpha value is -7.50. The maximum absolute atomic E-state index is 13.0. The van der Waals surface area contributed by atoms with E-state index >= 15 is 0 Å². The fourth-order valence-electron chi connectivity index (χ4n) is 4.03. The zero-order valence-electron chi connectivity index (χ0n) is 24.5. The highest BCUT2D eigenvalue weighted by Gasteiger charge is 2.20. The summed E-state index contributed by atoms with van der Waals surface area (Å²) in [6.07, 6.45) is 0. The van der Waals surface area contributed by atoms with Crippen molar-refractivity contribution in [3.8, 4) is 22.8 Å². The van der Waals surface area contributed by atoms with Gasteiger partial charge in [0.25, 0.3) is 17.7 Å². The van der Waals surface area contributed by atoms with Crippen LogP contribution in [0.5, 0.6) is 0 Å². The lowest BCUT2D eigenvalue weighted by molar-refractivity contribution is -0.110. The molecule has 0 atom stereocenters. The predicted octanol–water partition coefficient (Wildman–Crippen LogP) is 2.27. The largest absolute Gasteiger partial charge is 0.379 e. The average molecular weight is 642 g/mol. The van der Waals surface area contributed by atoms with Crippen LogP contribution in [-0.4, -0.2) is 74.7 Å². The molecule has 18 heteroatoms. The third kappa shape index (κ3) is 7.24. The summed E-state index contributed by atoms with van der Waals surface area (Å²) >= 11 is 0. The maximum Gasteiger partial charge on any atom is 0.295 e. The number of benzene rings is 3. The molecule has 18 nitrogen and oxygen atoms in total. The van der Waals surface area contributed by atoms with Crippen molar-refractivity contribution >= 4 is 47.2 Å². The molecular weight excluding hydrogens is 618 g/mol. The molecule has 3 aromatic carbocycles. The number of hydrogen-bond donors (Lipinski definition) is 7. The van der Waals surface area contributed by atoms with Gasteiger partial charge in [-0.05, 0) is 0 Å². The van der Waals surface area contributed by atoms with Crippen molar-refractivity contribution in [3.63, 3.8) is 0 Å². The van der Waals surface area contributed by atoms with Crippen molar-refractivity contribution in [3.05, 3.63) is 108 Å². The molecule has 0 radical (unpaired) electrons. The molecule has 0 aliphatic heterocycles. The standard InChI is InChI=1S/C30H23N15O3/c31-19(16-10-4-1-5-11-16)33-20(32)25(46)36-28-39-29(37-26(47)23-34-21(42-44-23)17-12-6-2-7-13-17)41-30(40-28)38-27(48)24-35-22(43-45-24)18-14-8-3-9-15-18/h1-15H,(H3,31,32,33)(H,34,42,44)(H,35,43,45)(H3,36,37,38,39,40,41,46,47,48). The molecule has 0 saturated heterocycles. The zero-order valence-corrected chi connectivity index (χ0v) is 24.5. The lowest BCUT2D eigenvalue weighted by atomic mass is 10.2. The average Bonchev–Trinajstić information content (AvgIpc) is 3.81. The Morgan fingerprint density at radius 2 is 1.21 bits per heavy atom. The van der Waals surface area contributed by atoms with Gasteiger partial charge in [0, 0.05) is 16.7 Å². The van der Waals surface area contributed by atoms with Crippen molar-refractivity contribution in [1.82, 2.24) is 45.3 Å². The fraction of sp³-hybridized carbons (Fsp3) is 0. The molecule has 8 N–H and O–H groups in total. The van der Waals surface area contributed by atoms with Gasteiger partial charge < -0.3 is 10.7 Å². The number of amides is 3. The number of nitrogens with zero attached hydrogens (tertiary/aromatic N) is 8. The second-order valence-electron chi connectivity index (χ2n) is 9.64. The number of amidine groups is 2. The van der Waals surface area contributed by atoms with E-state index in [-0.39, 0.29) is 35.2 Å². The van der Waals surface area contributed by atoms with Gasteiger partial charge in [-0.15, -0.1) is 10.2 Å².